The molecule has 0 radical (unpaired) electrons. The summed E-state index contributed by atoms with van der Waals surface area (Å²) in [6.45, 7) is 0.337. The van der Waals surface area contributed by atoms with Gasteiger partial charge in [-0.2, -0.15) is 8.78 Å². The van der Waals surface area contributed by atoms with Gasteiger partial charge in [-0.3, -0.25) is 28.0 Å². The van der Waals surface area contributed by atoms with E-state index in [1.54, 1.807) is 0 Å². The fourth-order valence-corrected chi connectivity index (χ4v) is 6.78. The van der Waals surface area contributed by atoms with E-state index in [0.29, 0.717) is 7.11 Å². The number of alkyl halides is 2. The number of azide groups is 1. The summed E-state index contributed by atoms with van der Waals surface area (Å²) in [5.74, 6) is 0. The molecule has 1 aromatic heterocycles. The van der Waals surface area contributed by atoms with E-state index in [4.69, 9.17) is 15.2 Å². The molecule has 1 aromatic rings. The number of phosphoric ester groups is 1. The van der Waals surface area contributed by atoms with E-state index < -0.39 is 64.6 Å². The van der Waals surface area contributed by atoms with Crippen molar-refractivity contribution in [1.82, 2.24) is 9.55 Å². The monoisotopic (exact) mass is 555 g/mol. The standard InChI is InChI=1S/C12H18F2N5O12P3/c1-6-4-19(11(21)16-10(6)20)9-3-7(17-18-15)8(30-9)5-29-34(26,27)31-33(24,25)12(13,14)32(22,23)28-2/h4,7-9H,3,5H2,1-2H3,(H,22,23)(H,24,25)(H,26,27)(H,16,20,21)/t7?,8-,9-/m0/s1. The molecule has 192 valence electrons. The Kier molecular flexibility index (Phi) is 8.46. The van der Waals surface area contributed by atoms with Crippen LogP contribution in [0.3, 0.4) is 0 Å². The van der Waals surface area contributed by atoms with Crippen molar-refractivity contribution in [3.05, 3.63) is 43.0 Å². The van der Waals surface area contributed by atoms with E-state index >= 15 is 0 Å². The lowest BCUT2D eigenvalue weighted by Crippen LogP contribution is -2.33. The fourth-order valence-electron chi connectivity index (χ4n) is 2.67. The number of H-pyrrole nitrogens is 1. The van der Waals surface area contributed by atoms with E-state index in [1.807, 2.05) is 4.98 Å². The minimum atomic E-state index is -6.63. The molecule has 4 N–H and O–H groups in total. The van der Waals surface area contributed by atoms with Gasteiger partial charge in [0.2, 0.25) is 0 Å². The first-order valence-corrected chi connectivity index (χ1v) is 13.4. The summed E-state index contributed by atoms with van der Waals surface area (Å²) in [7, 11) is -18.2. The highest BCUT2D eigenvalue weighted by atomic mass is 31.3. The summed E-state index contributed by atoms with van der Waals surface area (Å²) in [6.07, 6.45) is -1.62. The first-order chi connectivity index (χ1) is 15.5. The molecule has 0 saturated carbocycles. The molecule has 0 spiro atoms. The number of nitrogens with zero attached hydrogens (tertiary/aromatic N) is 4. The van der Waals surface area contributed by atoms with Crippen LogP contribution in [0, 0.1) is 6.92 Å². The van der Waals surface area contributed by atoms with Gasteiger partial charge in [0.1, 0.15) is 6.23 Å². The van der Waals surface area contributed by atoms with Gasteiger partial charge in [0, 0.05) is 30.2 Å². The van der Waals surface area contributed by atoms with Crippen molar-refractivity contribution in [2.45, 2.75) is 37.1 Å². The Morgan fingerprint density at radius 2 is 1.94 bits per heavy atom. The number of phosphoric acid groups is 1. The van der Waals surface area contributed by atoms with Crippen LogP contribution in [-0.2, 0) is 31.8 Å². The number of rotatable bonds is 10. The molecule has 4 unspecified atom stereocenters. The Bertz CT molecular complexity index is 1250. The second-order valence-electron chi connectivity index (χ2n) is 6.69. The molecule has 34 heavy (non-hydrogen) atoms. The number of ether oxygens (including phenoxy) is 1. The molecule has 1 saturated heterocycles. The third-order valence-corrected chi connectivity index (χ3v) is 9.96. The van der Waals surface area contributed by atoms with Crippen LogP contribution in [0.2, 0.25) is 0 Å². The summed E-state index contributed by atoms with van der Waals surface area (Å²) in [5, 5.41) is -2.12. The van der Waals surface area contributed by atoms with Crippen LogP contribution in [-0.4, -0.2) is 55.5 Å². The quantitative estimate of drug-likeness (QED) is 0.139. The van der Waals surface area contributed by atoms with E-state index in [1.165, 1.54) is 6.92 Å². The minimum absolute atomic E-state index is 0.119. The Morgan fingerprint density at radius 3 is 2.50 bits per heavy atom. The molecule has 0 aliphatic carbocycles. The van der Waals surface area contributed by atoms with E-state index in [0.717, 1.165) is 10.8 Å². The SMILES string of the molecule is COP(=O)(O)C(F)(F)P(=O)(O)OP(=O)(O)OC[C@@H]1O[C@H](n2cc(C)c(=O)[nH]c2=O)CC1N=[N+]=[N-]. The highest BCUT2D eigenvalue weighted by Crippen LogP contribution is 2.78. The zero-order valence-corrected chi connectivity index (χ0v) is 19.8. The second-order valence-corrected chi connectivity index (χ2v) is 12.5. The van der Waals surface area contributed by atoms with Crippen molar-refractivity contribution in [2.75, 3.05) is 13.7 Å². The van der Waals surface area contributed by atoms with Crippen LogP contribution in [0.5, 0.6) is 0 Å². The van der Waals surface area contributed by atoms with Crippen LogP contribution >= 0.6 is 23.0 Å². The van der Waals surface area contributed by atoms with Gasteiger partial charge in [0.15, 0.2) is 0 Å². The van der Waals surface area contributed by atoms with Gasteiger partial charge in [0.25, 0.3) is 5.56 Å². The molecule has 17 nitrogen and oxygen atoms in total. The Morgan fingerprint density at radius 1 is 1.32 bits per heavy atom. The fraction of sp³-hybridized carbons (Fsp3) is 0.667. The van der Waals surface area contributed by atoms with Crippen LogP contribution in [0.1, 0.15) is 18.2 Å². The predicted molar refractivity (Wildman–Crippen MR) is 106 cm³/mol. The van der Waals surface area contributed by atoms with Crippen molar-refractivity contribution >= 4 is 23.0 Å². The third kappa shape index (κ3) is 5.90. The normalized spacial score (nSPS) is 26.1. The molecule has 2 heterocycles. The molecular formula is C12H18F2N5O12P3. The largest absolute Gasteiger partial charge is 0.479 e. The van der Waals surface area contributed by atoms with Gasteiger partial charge in [-0.1, -0.05) is 5.11 Å². The van der Waals surface area contributed by atoms with E-state index in [-0.39, 0.29) is 12.0 Å². The maximum absolute atomic E-state index is 13.8. The number of nitrogens with one attached hydrogen (secondary N) is 1. The Labute approximate surface area is 187 Å². The molecule has 0 aromatic carbocycles. The van der Waals surface area contributed by atoms with Crippen molar-refractivity contribution < 1.29 is 55.3 Å². The summed E-state index contributed by atoms with van der Waals surface area (Å²) in [6, 6.07) is -1.15. The number of halogens is 2. The van der Waals surface area contributed by atoms with Crippen LogP contribution in [0.15, 0.2) is 20.9 Å². The van der Waals surface area contributed by atoms with Crippen molar-refractivity contribution in [3.8, 4) is 0 Å². The van der Waals surface area contributed by atoms with Gasteiger partial charge in [-0.05, 0) is 12.5 Å². The first kappa shape index (κ1) is 28.5. The summed E-state index contributed by atoms with van der Waals surface area (Å²) in [4.78, 5) is 56.1. The Balaban J connectivity index is 2.20. The molecule has 2 rings (SSSR count). The smallest absolute Gasteiger partial charge is 0.352 e. The minimum Gasteiger partial charge on any atom is -0.352 e. The van der Waals surface area contributed by atoms with Gasteiger partial charge in [-0.15, -0.1) is 0 Å². The second kappa shape index (κ2) is 10.1. The summed E-state index contributed by atoms with van der Waals surface area (Å²) < 4.78 is 80.6. The van der Waals surface area contributed by atoms with Gasteiger partial charge >= 0.3 is 34.1 Å². The average Bonchev–Trinajstić information content (AvgIpc) is 3.11. The average molecular weight is 555 g/mol. The number of aromatic nitrogens is 2. The van der Waals surface area contributed by atoms with Crippen LogP contribution in [0.4, 0.5) is 8.78 Å². The topological polar surface area (TPSA) is 252 Å². The third-order valence-electron chi connectivity index (χ3n) is 4.40. The van der Waals surface area contributed by atoms with Crippen molar-refractivity contribution in [1.29, 1.82) is 0 Å². The van der Waals surface area contributed by atoms with Gasteiger partial charge in [-0.25, -0.2) is 13.7 Å². The van der Waals surface area contributed by atoms with Gasteiger partial charge in [0.05, 0.1) is 18.8 Å². The Hall–Kier alpha value is -1.74. The first-order valence-electron chi connectivity index (χ1n) is 8.77. The van der Waals surface area contributed by atoms with E-state index in [9.17, 15) is 41.9 Å². The lowest BCUT2D eigenvalue weighted by atomic mass is 10.1. The lowest BCUT2D eigenvalue weighted by molar-refractivity contribution is -0.0268. The lowest BCUT2D eigenvalue weighted by Gasteiger charge is -2.25. The van der Waals surface area contributed by atoms with Gasteiger partial charge < -0.3 is 23.9 Å². The molecule has 0 amide bonds. The zero-order chi connectivity index (χ0) is 26.1. The highest BCUT2D eigenvalue weighted by molar-refractivity contribution is 7.75. The molecule has 0 bridgehead atoms. The number of hydrogen-bond donors (Lipinski definition) is 4. The molecule has 6 atom stereocenters. The van der Waals surface area contributed by atoms with Crippen molar-refractivity contribution in [2.24, 2.45) is 5.11 Å². The van der Waals surface area contributed by atoms with Crippen molar-refractivity contribution in [3.63, 3.8) is 0 Å². The molecule has 1 aliphatic rings. The number of aryl methyl sites for hydroxylation is 1. The maximum Gasteiger partial charge on any atom is 0.479 e. The van der Waals surface area contributed by atoms with E-state index in [2.05, 4.69) is 23.4 Å². The maximum atomic E-state index is 13.8. The predicted octanol–water partition coefficient (Wildman–Crippen LogP) is 1.51. The molecule has 22 heteroatoms. The van der Waals surface area contributed by atoms with Crippen LogP contribution in [0.25, 0.3) is 10.4 Å². The number of hydrogen-bond acceptors (Lipinski definition) is 10. The molecule has 1 aliphatic heterocycles. The molecule has 1 fully saturated rings. The highest BCUT2D eigenvalue weighted by Gasteiger charge is 2.68. The zero-order valence-electron chi connectivity index (χ0n) is 17.1. The van der Waals surface area contributed by atoms with Crippen LogP contribution < -0.4 is 11.2 Å². The molecular weight excluding hydrogens is 537 g/mol. The summed E-state index contributed by atoms with van der Waals surface area (Å²) >= 11 is 0. The summed E-state index contributed by atoms with van der Waals surface area (Å²) in [5.41, 5.74) is 7.26. The number of aromatic amines is 1.